The zero-order valence-electron chi connectivity index (χ0n) is 16.4. The minimum atomic E-state index is -0.810. The molecular formula is C20H23ClN2O5. The van der Waals surface area contributed by atoms with E-state index in [1.54, 1.807) is 13.0 Å². The lowest BCUT2D eigenvalue weighted by Crippen LogP contribution is -2.47. The molecule has 0 unspecified atom stereocenters. The monoisotopic (exact) mass is 406 g/mol. The summed E-state index contributed by atoms with van der Waals surface area (Å²) in [7, 11) is 2.88. The Hall–Kier alpha value is -2.93. The average Bonchev–Trinajstić information content (AvgIpc) is 2.68. The van der Waals surface area contributed by atoms with Crippen LogP contribution in [0.25, 0.3) is 0 Å². The Kier molecular flexibility index (Phi) is 7.12. The minimum Gasteiger partial charge on any atom is -0.493 e. The largest absolute Gasteiger partial charge is 0.493 e. The number of aryl methyl sites for hydroxylation is 1. The summed E-state index contributed by atoms with van der Waals surface area (Å²) in [5.74, 6) is 0.176. The number of methoxy groups -OCH3 is 2. The van der Waals surface area contributed by atoms with E-state index in [9.17, 15) is 9.59 Å². The topological polar surface area (TPSA) is 85.9 Å². The molecule has 2 N–H and O–H groups in total. The van der Waals surface area contributed by atoms with Gasteiger partial charge in [-0.25, -0.2) is 0 Å². The van der Waals surface area contributed by atoms with Gasteiger partial charge in [-0.05, 0) is 50.1 Å². The Bertz CT molecular complexity index is 885. The highest BCUT2D eigenvalue weighted by Crippen LogP contribution is 2.35. The Morgan fingerprint density at radius 1 is 1.04 bits per heavy atom. The second-order valence-corrected chi connectivity index (χ2v) is 6.50. The van der Waals surface area contributed by atoms with Crippen molar-refractivity contribution in [1.82, 2.24) is 10.9 Å². The molecule has 0 saturated carbocycles. The smallest absolute Gasteiger partial charge is 0.279 e. The van der Waals surface area contributed by atoms with Crippen LogP contribution in [0.1, 0.15) is 28.4 Å². The Balaban J connectivity index is 2.01. The summed E-state index contributed by atoms with van der Waals surface area (Å²) in [5, 5.41) is 0.213. The van der Waals surface area contributed by atoms with Gasteiger partial charge in [0.1, 0.15) is 5.75 Å². The number of carbonyl (C=O) groups is 2. The fourth-order valence-corrected chi connectivity index (χ4v) is 2.72. The highest BCUT2D eigenvalue weighted by atomic mass is 35.5. The first-order valence-electron chi connectivity index (χ1n) is 8.53. The number of hydrogen-bond donors (Lipinski definition) is 2. The first kappa shape index (κ1) is 21.4. The van der Waals surface area contributed by atoms with Crippen molar-refractivity contribution in [2.24, 2.45) is 0 Å². The lowest BCUT2D eigenvalue weighted by molar-refractivity contribution is -0.128. The van der Waals surface area contributed by atoms with E-state index >= 15 is 0 Å². The van der Waals surface area contributed by atoms with Crippen molar-refractivity contribution < 1.29 is 23.8 Å². The van der Waals surface area contributed by atoms with Gasteiger partial charge >= 0.3 is 0 Å². The number of ether oxygens (including phenoxy) is 3. The molecule has 0 heterocycles. The molecule has 0 aromatic heterocycles. The second-order valence-electron chi connectivity index (χ2n) is 6.10. The highest BCUT2D eigenvalue weighted by Gasteiger charge is 2.19. The van der Waals surface area contributed by atoms with Crippen LogP contribution >= 0.6 is 11.6 Å². The molecule has 0 aliphatic carbocycles. The molecule has 1 atom stereocenters. The van der Waals surface area contributed by atoms with E-state index in [1.807, 2.05) is 26.0 Å². The van der Waals surface area contributed by atoms with Crippen molar-refractivity contribution in [3.63, 3.8) is 0 Å². The molecule has 2 aromatic rings. The van der Waals surface area contributed by atoms with Gasteiger partial charge in [0.05, 0.1) is 19.2 Å². The number of benzene rings is 2. The van der Waals surface area contributed by atoms with Gasteiger partial charge in [-0.3, -0.25) is 20.4 Å². The molecule has 2 amide bonds. The summed E-state index contributed by atoms with van der Waals surface area (Å²) in [6.45, 7) is 5.47. The third-order valence-electron chi connectivity index (χ3n) is 4.22. The Morgan fingerprint density at radius 3 is 2.39 bits per heavy atom. The number of carbonyl (C=O) groups excluding carboxylic acids is 2. The zero-order chi connectivity index (χ0) is 20.8. The van der Waals surface area contributed by atoms with Gasteiger partial charge < -0.3 is 14.2 Å². The second kappa shape index (κ2) is 9.32. The maximum Gasteiger partial charge on any atom is 0.279 e. The highest BCUT2D eigenvalue weighted by molar-refractivity contribution is 6.32. The summed E-state index contributed by atoms with van der Waals surface area (Å²) < 4.78 is 16.0. The Morgan fingerprint density at radius 2 is 1.75 bits per heavy atom. The molecule has 8 heteroatoms. The minimum absolute atomic E-state index is 0.200. The Labute approximate surface area is 168 Å². The average molecular weight is 407 g/mol. The quantitative estimate of drug-likeness (QED) is 0.719. The normalized spacial score (nSPS) is 11.4. The molecule has 0 bridgehead atoms. The van der Waals surface area contributed by atoms with Gasteiger partial charge in [0.15, 0.2) is 17.6 Å². The lowest BCUT2D eigenvalue weighted by Gasteiger charge is -2.17. The van der Waals surface area contributed by atoms with Crippen LogP contribution in [0.3, 0.4) is 0 Å². The van der Waals surface area contributed by atoms with Gasteiger partial charge in [-0.15, -0.1) is 0 Å². The molecule has 2 aromatic carbocycles. The molecule has 0 fully saturated rings. The van der Waals surface area contributed by atoms with Gasteiger partial charge in [0.25, 0.3) is 11.8 Å². The number of halogens is 1. The first-order chi connectivity index (χ1) is 13.3. The van der Waals surface area contributed by atoms with Crippen LogP contribution in [0.5, 0.6) is 17.2 Å². The lowest BCUT2D eigenvalue weighted by atomic mass is 10.1. The fraction of sp³-hybridized carbons (Fsp3) is 0.300. The fourth-order valence-electron chi connectivity index (χ4n) is 2.44. The SMILES string of the molecule is COc1cc(C(=O)NNC(=O)[C@H](C)Oc2cccc(C)c2C)cc(Cl)c1OC. The van der Waals surface area contributed by atoms with E-state index in [4.69, 9.17) is 25.8 Å². The van der Waals surface area contributed by atoms with Gasteiger partial charge in [-0.1, -0.05) is 23.7 Å². The number of hydrogen-bond acceptors (Lipinski definition) is 5. The van der Waals surface area contributed by atoms with Crippen molar-refractivity contribution in [2.75, 3.05) is 14.2 Å². The van der Waals surface area contributed by atoms with Crippen molar-refractivity contribution >= 4 is 23.4 Å². The summed E-state index contributed by atoms with van der Waals surface area (Å²) in [5.41, 5.74) is 6.89. The van der Waals surface area contributed by atoms with Gasteiger partial charge in [-0.2, -0.15) is 0 Å². The van der Waals surface area contributed by atoms with Crippen molar-refractivity contribution in [3.05, 3.63) is 52.0 Å². The van der Waals surface area contributed by atoms with Crippen LogP contribution in [-0.2, 0) is 4.79 Å². The van der Waals surface area contributed by atoms with E-state index in [1.165, 1.54) is 26.4 Å². The maximum absolute atomic E-state index is 12.3. The summed E-state index contributed by atoms with van der Waals surface area (Å²) >= 11 is 6.10. The molecule has 28 heavy (non-hydrogen) atoms. The number of nitrogens with one attached hydrogen (secondary N) is 2. The van der Waals surface area contributed by atoms with Crippen molar-refractivity contribution in [1.29, 1.82) is 0 Å². The molecule has 7 nitrogen and oxygen atoms in total. The third kappa shape index (κ3) is 4.86. The van der Waals surface area contributed by atoms with Crippen LogP contribution in [0, 0.1) is 13.8 Å². The number of amides is 2. The standard InChI is InChI=1S/C20H23ClN2O5/c1-11-7-6-8-16(12(11)2)28-13(3)19(24)22-23-20(25)14-9-15(21)18(27-5)17(10-14)26-4/h6-10,13H,1-5H3,(H,22,24)(H,23,25)/t13-/m0/s1. The predicted octanol–water partition coefficient (Wildman–Crippen LogP) is 3.20. The molecule has 0 radical (unpaired) electrons. The molecule has 0 aliphatic heterocycles. The van der Waals surface area contributed by atoms with Gasteiger partial charge in [0, 0.05) is 5.56 Å². The van der Waals surface area contributed by atoms with E-state index in [0.29, 0.717) is 17.2 Å². The molecular weight excluding hydrogens is 384 g/mol. The van der Waals surface area contributed by atoms with E-state index in [0.717, 1.165) is 11.1 Å². The van der Waals surface area contributed by atoms with Crippen LogP contribution in [0.4, 0.5) is 0 Å². The summed E-state index contributed by atoms with van der Waals surface area (Å²) in [6.07, 6.45) is -0.810. The van der Waals surface area contributed by atoms with E-state index in [2.05, 4.69) is 10.9 Å². The molecule has 150 valence electrons. The first-order valence-corrected chi connectivity index (χ1v) is 8.90. The van der Waals surface area contributed by atoms with Crippen LogP contribution in [-0.4, -0.2) is 32.1 Å². The molecule has 0 spiro atoms. The molecule has 0 saturated heterocycles. The van der Waals surface area contributed by atoms with Gasteiger partial charge in [0.2, 0.25) is 0 Å². The van der Waals surface area contributed by atoms with E-state index in [-0.39, 0.29) is 10.6 Å². The predicted molar refractivity (Wildman–Crippen MR) is 106 cm³/mol. The van der Waals surface area contributed by atoms with E-state index < -0.39 is 17.9 Å². The zero-order valence-corrected chi connectivity index (χ0v) is 17.1. The third-order valence-corrected chi connectivity index (χ3v) is 4.50. The maximum atomic E-state index is 12.3. The van der Waals surface area contributed by atoms with Crippen LogP contribution < -0.4 is 25.1 Å². The van der Waals surface area contributed by atoms with Crippen LogP contribution in [0.15, 0.2) is 30.3 Å². The van der Waals surface area contributed by atoms with Crippen molar-refractivity contribution in [3.8, 4) is 17.2 Å². The summed E-state index contributed by atoms with van der Waals surface area (Å²) in [6, 6.07) is 8.48. The number of rotatable bonds is 6. The molecule has 2 rings (SSSR count). The number of hydrazine groups is 1. The van der Waals surface area contributed by atoms with Crippen molar-refractivity contribution in [2.45, 2.75) is 26.9 Å². The van der Waals surface area contributed by atoms with Crippen LogP contribution in [0.2, 0.25) is 5.02 Å². The molecule has 0 aliphatic rings. The summed E-state index contributed by atoms with van der Waals surface area (Å²) in [4.78, 5) is 24.6.